The zero-order chi connectivity index (χ0) is 14.4. The Hall–Kier alpha value is -0.780. The van der Waals surface area contributed by atoms with Gasteiger partial charge in [-0.15, -0.1) is 0 Å². The second-order valence-electron chi connectivity index (χ2n) is 4.87. The van der Waals surface area contributed by atoms with E-state index in [1.807, 2.05) is 0 Å². The number of hydrogen-bond acceptors (Lipinski definition) is 4. The molecule has 112 valence electrons. The first kappa shape index (κ1) is 15.6. The lowest BCUT2D eigenvalue weighted by molar-refractivity contribution is 0.0374. The molecule has 1 aromatic rings. The zero-order valence-electron chi connectivity index (χ0n) is 12.2. The van der Waals surface area contributed by atoms with Crippen molar-refractivity contribution in [3.63, 3.8) is 0 Å². The van der Waals surface area contributed by atoms with E-state index in [0.717, 1.165) is 61.7 Å². The molecule has 0 atom stereocenters. The molecule has 0 bridgehead atoms. The van der Waals surface area contributed by atoms with E-state index in [2.05, 4.69) is 33.0 Å². The molecule has 0 saturated carbocycles. The molecule has 1 fully saturated rings. The predicted molar refractivity (Wildman–Crippen MR) is 82.8 cm³/mol. The summed E-state index contributed by atoms with van der Waals surface area (Å²) in [6, 6.07) is 4.15. The van der Waals surface area contributed by atoms with Crippen LogP contribution < -0.4 is 9.47 Å². The van der Waals surface area contributed by atoms with Crippen LogP contribution in [-0.2, 0) is 11.2 Å². The number of hydrogen-bond donors (Lipinski definition) is 0. The Kier molecular flexibility index (Phi) is 6.13. The van der Waals surface area contributed by atoms with E-state index >= 15 is 0 Å². The number of morpholine rings is 1. The average molecular weight is 344 g/mol. The van der Waals surface area contributed by atoms with Crippen LogP contribution in [0.1, 0.15) is 12.0 Å². The third-order valence-corrected chi connectivity index (χ3v) is 4.33. The Morgan fingerprint density at radius 2 is 1.75 bits per heavy atom. The monoisotopic (exact) mass is 343 g/mol. The molecular weight excluding hydrogens is 322 g/mol. The van der Waals surface area contributed by atoms with Crippen LogP contribution in [0.15, 0.2) is 16.6 Å². The van der Waals surface area contributed by atoms with Crippen molar-refractivity contribution in [2.45, 2.75) is 12.8 Å². The van der Waals surface area contributed by atoms with Gasteiger partial charge in [-0.05, 0) is 53.0 Å². The van der Waals surface area contributed by atoms with Gasteiger partial charge in [0, 0.05) is 13.1 Å². The number of rotatable bonds is 6. The van der Waals surface area contributed by atoms with Gasteiger partial charge in [-0.3, -0.25) is 4.90 Å². The molecule has 0 aromatic heterocycles. The number of benzene rings is 1. The summed E-state index contributed by atoms with van der Waals surface area (Å²) in [6.07, 6.45) is 2.16. The van der Waals surface area contributed by atoms with Crippen LogP contribution in [0.3, 0.4) is 0 Å². The first-order valence-electron chi connectivity index (χ1n) is 6.95. The fourth-order valence-corrected chi connectivity index (χ4v) is 2.95. The normalized spacial score (nSPS) is 16.1. The molecule has 0 amide bonds. The van der Waals surface area contributed by atoms with Crippen LogP contribution in [0.5, 0.6) is 11.5 Å². The molecule has 0 radical (unpaired) electrons. The molecule has 2 rings (SSSR count). The summed E-state index contributed by atoms with van der Waals surface area (Å²) in [5, 5.41) is 0. The van der Waals surface area contributed by atoms with Crippen molar-refractivity contribution in [1.82, 2.24) is 4.90 Å². The van der Waals surface area contributed by atoms with Crippen molar-refractivity contribution < 1.29 is 14.2 Å². The first-order valence-corrected chi connectivity index (χ1v) is 7.74. The molecule has 5 heteroatoms. The topological polar surface area (TPSA) is 30.9 Å². The molecule has 0 spiro atoms. The lowest BCUT2D eigenvalue weighted by atomic mass is 10.1. The largest absolute Gasteiger partial charge is 0.495 e. The molecule has 1 aliphatic rings. The summed E-state index contributed by atoms with van der Waals surface area (Å²) in [5.74, 6) is 1.65. The maximum atomic E-state index is 5.37. The van der Waals surface area contributed by atoms with Gasteiger partial charge < -0.3 is 14.2 Å². The molecule has 4 nitrogen and oxygen atoms in total. The van der Waals surface area contributed by atoms with E-state index in [9.17, 15) is 0 Å². The van der Waals surface area contributed by atoms with Gasteiger partial charge in [0.2, 0.25) is 0 Å². The highest BCUT2D eigenvalue weighted by atomic mass is 79.9. The Morgan fingerprint density at radius 3 is 2.30 bits per heavy atom. The van der Waals surface area contributed by atoms with Gasteiger partial charge in [0.05, 0.1) is 27.4 Å². The lowest BCUT2D eigenvalue weighted by Gasteiger charge is -2.26. The maximum absolute atomic E-state index is 5.37. The molecule has 1 saturated heterocycles. The highest BCUT2D eigenvalue weighted by molar-refractivity contribution is 9.10. The summed E-state index contributed by atoms with van der Waals surface area (Å²) < 4.78 is 17.0. The third kappa shape index (κ3) is 4.11. The minimum absolute atomic E-state index is 0.825. The lowest BCUT2D eigenvalue weighted by Crippen LogP contribution is -2.36. The highest BCUT2D eigenvalue weighted by Gasteiger charge is 2.12. The third-order valence-electron chi connectivity index (χ3n) is 3.55. The second-order valence-corrected chi connectivity index (χ2v) is 5.66. The van der Waals surface area contributed by atoms with Crippen molar-refractivity contribution in [3.05, 3.63) is 22.2 Å². The molecule has 1 aromatic carbocycles. The van der Waals surface area contributed by atoms with Crippen molar-refractivity contribution in [1.29, 1.82) is 0 Å². The van der Waals surface area contributed by atoms with Crippen molar-refractivity contribution >= 4 is 15.9 Å². The van der Waals surface area contributed by atoms with Crippen LogP contribution in [-0.4, -0.2) is 52.0 Å². The summed E-state index contributed by atoms with van der Waals surface area (Å²) in [4.78, 5) is 2.46. The van der Waals surface area contributed by atoms with Crippen LogP contribution >= 0.6 is 15.9 Å². The quantitative estimate of drug-likeness (QED) is 0.794. The Labute approximate surface area is 129 Å². The molecule has 1 aliphatic heterocycles. The Morgan fingerprint density at radius 1 is 1.15 bits per heavy atom. The SMILES string of the molecule is COc1cc(CCCN2CCOCC2)cc(OC)c1Br. The van der Waals surface area contributed by atoms with Crippen LogP contribution in [0.4, 0.5) is 0 Å². The van der Waals surface area contributed by atoms with Gasteiger partial charge in [0.25, 0.3) is 0 Å². The Bertz CT molecular complexity index is 408. The number of nitrogens with zero attached hydrogens (tertiary/aromatic N) is 1. The molecule has 20 heavy (non-hydrogen) atoms. The van der Waals surface area contributed by atoms with E-state index in [1.54, 1.807) is 14.2 Å². The molecule has 0 aliphatic carbocycles. The van der Waals surface area contributed by atoms with Gasteiger partial charge in [-0.25, -0.2) is 0 Å². The fraction of sp³-hybridized carbons (Fsp3) is 0.600. The van der Waals surface area contributed by atoms with E-state index in [1.165, 1.54) is 5.56 Å². The maximum Gasteiger partial charge on any atom is 0.137 e. The van der Waals surface area contributed by atoms with Crippen LogP contribution in [0, 0.1) is 0 Å². The van der Waals surface area contributed by atoms with Crippen molar-refractivity contribution in [2.75, 3.05) is 47.1 Å². The Balaban J connectivity index is 1.91. The fourth-order valence-electron chi connectivity index (χ4n) is 2.40. The van der Waals surface area contributed by atoms with Crippen molar-refractivity contribution in [3.8, 4) is 11.5 Å². The van der Waals surface area contributed by atoms with Gasteiger partial charge in [-0.2, -0.15) is 0 Å². The number of methoxy groups -OCH3 is 2. The smallest absolute Gasteiger partial charge is 0.137 e. The minimum Gasteiger partial charge on any atom is -0.495 e. The van der Waals surface area contributed by atoms with Crippen LogP contribution in [0.25, 0.3) is 0 Å². The van der Waals surface area contributed by atoms with Gasteiger partial charge in [-0.1, -0.05) is 0 Å². The summed E-state index contributed by atoms with van der Waals surface area (Å²) in [5.41, 5.74) is 1.25. The molecule has 0 N–H and O–H groups in total. The highest BCUT2D eigenvalue weighted by Crippen LogP contribution is 2.35. The molecule has 0 unspecified atom stereocenters. The van der Waals surface area contributed by atoms with Gasteiger partial charge in [0.15, 0.2) is 0 Å². The average Bonchev–Trinajstić information content (AvgIpc) is 2.49. The van der Waals surface area contributed by atoms with E-state index < -0.39 is 0 Å². The van der Waals surface area contributed by atoms with E-state index in [4.69, 9.17) is 14.2 Å². The first-order chi connectivity index (χ1) is 9.74. The predicted octanol–water partition coefficient (Wildman–Crippen LogP) is 2.73. The standard InChI is InChI=1S/C15H22BrNO3/c1-18-13-10-12(11-14(19-2)15(13)16)4-3-5-17-6-8-20-9-7-17/h10-11H,3-9H2,1-2H3. The molecule has 1 heterocycles. The van der Waals surface area contributed by atoms with E-state index in [-0.39, 0.29) is 0 Å². The number of aryl methyl sites for hydroxylation is 1. The van der Waals surface area contributed by atoms with Gasteiger partial charge >= 0.3 is 0 Å². The van der Waals surface area contributed by atoms with Gasteiger partial charge in [0.1, 0.15) is 16.0 Å². The summed E-state index contributed by atoms with van der Waals surface area (Å²) >= 11 is 3.49. The summed E-state index contributed by atoms with van der Waals surface area (Å²) in [7, 11) is 3.36. The van der Waals surface area contributed by atoms with Crippen molar-refractivity contribution in [2.24, 2.45) is 0 Å². The molecular formula is C15H22BrNO3. The second kappa shape index (κ2) is 7.86. The summed E-state index contributed by atoms with van der Waals surface area (Å²) in [6.45, 7) is 4.93. The van der Waals surface area contributed by atoms with Crippen LogP contribution in [0.2, 0.25) is 0 Å². The van der Waals surface area contributed by atoms with E-state index in [0.29, 0.717) is 0 Å². The number of ether oxygens (including phenoxy) is 3. The number of halogens is 1. The minimum atomic E-state index is 0.825. The zero-order valence-corrected chi connectivity index (χ0v) is 13.7.